The number of carbonyl (C=O) groups excluding carboxylic acids is 2. The van der Waals surface area contributed by atoms with E-state index >= 15 is 0 Å². The molecule has 1 saturated heterocycles. The Morgan fingerprint density at radius 3 is 2.75 bits per heavy atom. The predicted molar refractivity (Wildman–Crippen MR) is 77.0 cm³/mol. The molecule has 108 valence electrons. The molecule has 1 fully saturated rings. The molecule has 0 aromatic heterocycles. The van der Waals surface area contributed by atoms with Gasteiger partial charge in [-0.1, -0.05) is 12.1 Å². The molecule has 1 aromatic rings. The zero-order chi connectivity index (χ0) is 14.5. The molecule has 20 heavy (non-hydrogen) atoms. The Bertz CT molecular complexity index is 498. The minimum atomic E-state index is -0.0339. The van der Waals surface area contributed by atoms with E-state index in [1.165, 1.54) is 0 Å². The fourth-order valence-electron chi connectivity index (χ4n) is 2.79. The summed E-state index contributed by atoms with van der Waals surface area (Å²) in [5.41, 5.74) is 0.574. The molecule has 0 N–H and O–H groups in total. The molecule has 1 aliphatic heterocycles. The van der Waals surface area contributed by atoms with Gasteiger partial charge >= 0.3 is 0 Å². The quantitative estimate of drug-likeness (QED) is 0.848. The second kappa shape index (κ2) is 6.55. The van der Waals surface area contributed by atoms with Crippen LogP contribution in [0, 0.1) is 0 Å². The van der Waals surface area contributed by atoms with E-state index in [9.17, 15) is 9.59 Å². The van der Waals surface area contributed by atoms with E-state index in [4.69, 9.17) is 4.74 Å². The van der Waals surface area contributed by atoms with Gasteiger partial charge in [-0.3, -0.25) is 9.59 Å². The van der Waals surface area contributed by atoms with Crippen LogP contribution >= 0.6 is 0 Å². The lowest BCUT2D eigenvalue weighted by Crippen LogP contribution is -2.44. The number of nitrogens with zero attached hydrogens (tertiary/aromatic N) is 1. The Balaban J connectivity index is 2.23. The number of rotatable bonds is 4. The van der Waals surface area contributed by atoms with Crippen molar-refractivity contribution >= 4 is 11.7 Å². The van der Waals surface area contributed by atoms with Gasteiger partial charge < -0.3 is 9.64 Å². The highest BCUT2D eigenvalue weighted by atomic mass is 16.5. The first-order valence-electron chi connectivity index (χ1n) is 7.07. The van der Waals surface area contributed by atoms with Gasteiger partial charge in [-0.15, -0.1) is 0 Å². The number of ether oxygens (including phenoxy) is 1. The molecule has 4 heteroatoms. The Kier molecular flexibility index (Phi) is 4.77. The van der Waals surface area contributed by atoms with Crippen molar-refractivity contribution < 1.29 is 14.3 Å². The topological polar surface area (TPSA) is 46.6 Å². The van der Waals surface area contributed by atoms with E-state index in [2.05, 4.69) is 0 Å². The van der Waals surface area contributed by atoms with Crippen LogP contribution < -0.4 is 4.74 Å². The fourth-order valence-corrected chi connectivity index (χ4v) is 2.79. The minimum Gasteiger partial charge on any atom is -0.496 e. The van der Waals surface area contributed by atoms with E-state index in [0.29, 0.717) is 17.7 Å². The molecular weight excluding hydrogens is 254 g/mol. The summed E-state index contributed by atoms with van der Waals surface area (Å²) >= 11 is 0. The van der Waals surface area contributed by atoms with Crippen molar-refractivity contribution in [2.45, 2.75) is 38.6 Å². The van der Waals surface area contributed by atoms with Gasteiger partial charge in [0.1, 0.15) is 11.5 Å². The number of carbonyl (C=O) groups is 2. The number of Topliss-reactive ketones (excluding diaryl/α,β-unsaturated/α-hetero) is 1. The monoisotopic (exact) mass is 275 g/mol. The summed E-state index contributed by atoms with van der Waals surface area (Å²) in [6.07, 6.45) is 3.42. The number of ketones is 1. The molecule has 1 amide bonds. The van der Waals surface area contributed by atoms with Crippen LogP contribution in [-0.4, -0.2) is 36.3 Å². The molecule has 0 saturated carbocycles. The largest absolute Gasteiger partial charge is 0.496 e. The lowest BCUT2D eigenvalue weighted by atomic mass is 9.96. The summed E-state index contributed by atoms with van der Waals surface area (Å²) < 4.78 is 5.26. The molecular formula is C16H21NO3. The maximum atomic E-state index is 12.7. The summed E-state index contributed by atoms with van der Waals surface area (Å²) in [7, 11) is 1.56. The Hall–Kier alpha value is -1.84. The van der Waals surface area contributed by atoms with Gasteiger partial charge in [-0.05, 0) is 38.3 Å². The first-order chi connectivity index (χ1) is 9.63. The highest BCUT2D eigenvalue weighted by Crippen LogP contribution is 2.25. The third kappa shape index (κ3) is 3.18. The van der Waals surface area contributed by atoms with Crippen molar-refractivity contribution in [1.82, 2.24) is 4.90 Å². The van der Waals surface area contributed by atoms with E-state index < -0.39 is 0 Å². The number of piperidine rings is 1. The molecule has 0 spiro atoms. The molecule has 1 heterocycles. The molecule has 1 aliphatic rings. The minimum absolute atomic E-state index is 0.0265. The van der Waals surface area contributed by atoms with Crippen LogP contribution in [0.2, 0.25) is 0 Å². The molecule has 2 rings (SSSR count). The molecule has 0 aliphatic carbocycles. The van der Waals surface area contributed by atoms with Gasteiger partial charge in [0.25, 0.3) is 5.91 Å². The predicted octanol–water partition coefficient (Wildman–Crippen LogP) is 2.67. The smallest absolute Gasteiger partial charge is 0.257 e. The van der Waals surface area contributed by atoms with E-state index in [1.807, 2.05) is 17.0 Å². The van der Waals surface area contributed by atoms with Crippen LogP contribution in [0.25, 0.3) is 0 Å². The van der Waals surface area contributed by atoms with Crippen molar-refractivity contribution in [2.24, 2.45) is 0 Å². The molecule has 0 bridgehead atoms. The van der Waals surface area contributed by atoms with E-state index in [-0.39, 0.29) is 17.7 Å². The lowest BCUT2D eigenvalue weighted by Gasteiger charge is -2.35. The summed E-state index contributed by atoms with van der Waals surface area (Å²) in [5.74, 6) is 0.688. The molecule has 4 nitrogen and oxygen atoms in total. The Morgan fingerprint density at radius 1 is 1.30 bits per heavy atom. The van der Waals surface area contributed by atoms with Crippen molar-refractivity contribution in [3.05, 3.63) is 29.8 Å². The van der Waals surface area contributed by atoms with Crippen LogP contribution in [-0.2, 0) is 4.79 Å². The maximum absolute atomic E-state index is 12.7. The van der Waals surface area contributed by atoms with Gasteiger partial charge in [-0.25, -0.2) is 0 Å². The normalized spacial score (nSPS) is 18.7. The van der Waals surface area contributed by atoms with Crippen molar-refractivity contribution in [3.8, 4) is 5.75 Å². The maximum Gasteiger partial charge on any atom is 0.257 e. The van der Waals surface area contributed by atoms with Crippen LogP contribution in [0.3, 0.4) is 0 Å². The van der Waals surface area contributed by atoms with Crippen molar-refractivity contribution in [1.29, 1.82) is 0 Å². The van der Waals surface area contributed by atoms with Crippen LogP contribution in [0.4, 0.5) is 0 Å². The Morgan fingerprint density at radius 2 is 2.05 bits per heavy atom. The van der Waals surface area contributed by atoms with Crippen LogP contribution in [0.5, 0.6) is 5.75 Å². The van der Waals surface area contributed by atoms with Crippen molar-refractivity contribution in [3.63, 3.8) is 0 Å². The highest BCUT2D eigenvalue weighted by Gasteiger charge is 2.29. The number of benzene rings is 1. The number of amides is 1. The molecule has 1 aromatic carbocycles. The van der Waals surface area contributed by atoms with Gasteiger partial charge in [0, 0.05) is 19.0 Å². The first kappa shape index (κ1) is 14.6. The van der Waals surface area contributed by atoms with Gasteiger partial charge in [0.2, 0.25) is 0 Å². The summed E-state index contributed by atoms with van der Waals surface area (Å²) in [4.78, 5) is 25.9. The number of hydrogen-bond acceptors (Lipinski definition) is 3. The summed E-state index contributed by atoms with van der Waals surface area (Å²) in [6.45, 7) is 2.30. The average Bonchev–Trinajstić information content (AvgIpc) is 2.46. The second-order valence-corrected chi connectivity index (χ2v) is 5.25. The zero-order valence-corrected chi connectivity index (χ0v) is 12.1. The summed E-state index contributed by atoms with van der Waals surface area (Å²) in [5, 5.41) is 0. The molecule has 1 unspecified atom stereocenters. The number of likely N-dealkylation sites (tertiary alicyclic amines) is 1. The highest BCUT2D eigenvalue weighted by molar-refractivity contribution is 5.97. The van der Waals surface area contributed by atoms with Crippen LogP contribution in [0.1, 0.15) is 43.0 Å². The number of methoxy groups -OCH3 is 1. The van der Waals surface area contributed by atoms with Crippen molar-refractivity contribution in [2.75, 3.05) is 13.7 Å². The third-order valence-corrected chi connectivity index (χ3v) is 3.75. The van der Waals surface area contributed by atoms with Gasteiger partial charge in [0.15, 0.2) is 0 Å². The number of para-hydroxylation sites is 1. The number of hydrogen-bond donors (Lipinski definition) is 0. The van der Waals surface area contributed by atoms with Gasteiger partial charge in [-0.2, -0.15) is 0 Å². The van der Waals surface area contributed by atoms with E-state index in [1.54, 1.807) is 26.2 Å². The molecule has 0 radical (unpaired) electrons. The molecule has 1 atom stereocenters. The lowest BCUT2D eigenvalue weighted by molar-refractivity contribution is -0.118. The zero-order valence-electron chi connectivity index (χ0n) is 12.1. The fraction of sp³-hybridized carbons (Fsp3) is 0.500. The summed E-state index contributed by atoms with van der Waals surface area (Å²) in [6, 6.07) is 7.27. The third-order valence-electron chi connectivity index (χ3n) is 3.75. The van der Waals surface area contributed by atoms with E-state index in [0.717, 1.165) is 25.8 Å². The van der Waals surface area contributed by atoms with Crippen LogP contribution in [0.15, 0.2) is 24.3 Å². The average molecular weight is 275 g/mol. The SMILES string of the molecule is COc1ccccc1C(=O)N1CCCCC1CC(C)=O. The Labute approximate surface area is 119 Å². The second-order valence-electron chi connectivity index (χ2n) is 5.25. The standard InChI is InChI=1S/C16H21NO3/c1-12(18)11-13-7-5-6-10-17(13)16(19)14-8-3-4-9-15(14)20-2/h3-4,8-9,13H,5-7,10-11H2,1-2H3. The first-order valence-corrected chi connectivity index (χ1v) is 7.07. The van der Waals surface area contributed by atoms with Gasteiger partial charge in [0.05, 0.1) is 12.7 Å².